The summed E-state index contributed by atoms with van der Waals surface area (Å²) in [5, 5.41) is 3.37. The van der Waals surface area contributed by atoms with Gasteiger partial charge in [-0.15, -0.1) is 0 Å². The zero-order chi connectivity index (χ0) is 11.8. The monoisotopic (exact) mass is 245 g/mol. The molecule has 2 aromatic rings. The molecule has 0 heterocycles. The number of nitrogens with two attached hydrogens (primary N) is 1. The Kier molecular flexibility index (Phi) is 2.81. The second-order valence-electron chi connectivity index (χ2n) is 4.89. The molecule has 1 aliphatic carbocycles. The Labute approximate surface area is 107 Å². The van der Waals surface area contributed by atoms with E-state index in [1.54, 1.807) is 0 Å². The van der Waals surface area contributed by atoms with Crippen molar-refractivity contribution in [1.82, 2.24) is 0 Å². The van der Waals surface area contributed by atoms with E-state index >= 15 is 0 Å². The van der Waals surface area contributed by atoms with E-state index in [1.807, 2.05) is 6.07 Å². The first-order valence-corrected chi connectivity index (χ1v) is 6.56. The average molecular weight is 246 g/mol. The molecule has 0 fully saturated rings. The van der Waals surface area contributed by atoms with E-state index in [0.29, 0.717) is 5.92 Å². The summed E-state index contributed by atoms with van der Waals surface area (Å²) in [6.45, 7) is 0.788. The number of aryl methyl sites for hydroxylation is 1. The van der Waals surface area contributed by atoms with E-state index < -0.39 is 0 Å². The van der Waals surface area contributed by atoms with Crippen LogP contribution in [0.15, 0.2) is 30.3 Å². The van der Waals surface area contributed by atoms with Crippen LogP contribution in [0, 0.1) is 5.92 Å². The van der Waals surface area contributed by atoms with Crippen molar-refractivity contribution in [3.05, 3.63) is 46.5 Å². The lowest BCUT2D eigenvalue weighted by Crippen LogP contribution is -2.22. The summed E-state index contributed by atoms with van der Waals surface area (Å²) in [5.74, 6) is 0.632. The van der Waals surface area contributed by atoms with Gasteiger partial charge in [0, 0.05) is 10.4 Å². The second-order valence-corrected chi connectivity index (χ2v) is 5.29. The van der Waals surface area contributed by atoms with Gasteiger partial charge in [-0.2, -0.15) is 0 Å². The quantitative estimate of drug-likeness (QED) is 0.817. The molecule has 1 aliphatic rings. The van der Waals surface area contributed by atoms with Crippen molar-refractivity contribution in [2.45, 2.75) is 19.3 Å². The fourth-order valence-corrected chi connectivity index (χ4v) is 3.16. The number of hydrogen-bond acceptors (Lipinski definition) is 1. The van der Waals surface area contributed by atoms with Gasteiger partial charge in [0.1, 0.15) is 0 Å². The molecule has 0 saturated heterocycles. The minimum atomic E-state index is 0.632. The maximum atomic E-state index is 6.34. The molecule has 2 aromatic carbocycles. The van der Waals surface area contributed by atoms with Crippen molar-refractivity contribution in [3.63, 3.8) is 0 Å². The van der Waals surface area contributed by atoms with Crippen molar-refractivity contribution in [2.24, 2.45) is 11.7 Å². The predicted octanol–water partition coefficient (Wildman–Crippen LogP) is 3.56. The molecule has 1 nitrogen and oxygen atoms in total. The number of halogens is 1. The SMILES string of the molecule is NCC1CCc2cc(Cl)c3ccccc3c2C1. The van der Waals surface area contributed by atoms with E-state index in [-0.39, 0.29) is 0 Å². The van der Waals surface area contributed by atoms with Gasteiger partial charge < -0.3 is 5.73 Å². The van der Waals surface area contributed by atoms with Crippen LogP contribution in [0.2, 0.25) is 5.02 Å². The van der Waals surface area contributed by atoms with E-state index in [1.165, 1.54) is 28.3 Å². The lowest BCUT2D eigenvalue weighted by atomic mass is 9.81. The van der Waals surface area contributed by atoms with Crippen LogP contribution in [0.4, 0.5) is 0 Å². The molecule has 0 aromatic heterocycles. The Hall–Kier alpha value is -1.05. The highest BCUT2D eigenvalue weighted by Gasteiger charge is 2.20. The molecule has 2 N–H and O–H groups in total. The number of benzene rings is 2. The first kappa shape index (κ1) is 11.1. The number of hydrogen-bond donors (Lipinski definition) is 1. The second kappa shape index (κ2) is 4.32. The summed E-state index contributed by atoms with van der Waals surface area (Å²) in [6.07, 6.45) is 3.41. The van der Waals surface area contributed by atoms with Gasteiger partial charge in [-0.3, -0.25) is 0 Å². The standard InChI is InChI=1S/C15H16ClN/c16-15-8-11-6-5-10(9-17)7-14(11)12-3-1-2-4-13(12)15/h1-4,8,10H,5-7,9,17H2. The molecule has 0 aliphatic heterocycles. The first-order valence-electron chi connectivity index (χ1n) is 6.18. The molecule has 3 rings (SSSR count). The highest BCUT2D eigenvalue weighted by molar-refractivity contribution is 6.35. The highest BCUT2D eigenvalue weighted by Crippen LogP contribution is 2.35. The van der Waals surface area contributed by atoms with E-state index in [9.17, 15) is 0 Å². The summed E-state index contributed by atoms with van der Waals surface area (Å²) in [7, 11) is 0. The lowest BCUT2D eigenvalue weighted by molar-refractivity contribution is 0.471. The van der Waals surface area contributed by atoms with Gasteiger partial charge in [-0.05, 0) is 54.3 Å². The van der Waals surface area contributed by atoms with Crippen molar-refractivity contribution < 1.29 is 0 Å². The average Bonchev–Trinajstić information content (AvgIpc) is 2.39. The Morgan fingerprint density at radius 3 is 2.76 bits per heavy atom. The summed E-state index contributed by atoms with van der Waals surface area (Å²) in [6, 6.07) is 10.6. The highest BCUT2D eigenvalue weighted by atomic mass is 35.5. The number of fused-ring (bicyclic) bond motifs is 3. The molecule has 0 bridgehead atoms. The molecule has 17 heavy (non-hydrogen) atoms. The normalized spacial score (nSPS) is 19.3. The van der Waals surface area contributed by atoms with Crippen LogP contribution in [0.3, 0.4) is 0 Å². The maximum absolute atomic E-state index is 6.34. The molecule has 2 heteroatoms. The van der Waals surface area contributed by atoms with Crippen LogP contribution in [-0.4, -0.2) is 6.54 Å². The Bertz CT molecular complexity index is 562. The molecule has 1 unspecified atom stereocenters. The molecule has 0 spiro atoms. The van der Waals surface area contributed by atoms with E-state index in [4.69, 9.17) is 17.3 Å². The zero-order valence-electron chi connectivity index (χ0n) is 9.75. The van der Waals surface area contributed by atoms with Crippen molar-refractivity contribution in [1.29, 1.82) is 0 Å². The third kappa shape index (κ3) is 1.84. The molecular weight excluding hydrogens is 230 g/mol. The Morgan fingerprint density at radius 2 is 2.00 bits per heavy atom. The van der Waals surface area contributed by atoms with Crippen LogP contribution < -0.4 is 5.73 Å². The zero-order valence-corrected chi connectivity index (χ0v) is 10.5. The van der Waals surface area contributed by atoms with Gasteiger partial charge in [-0.25, -0.2) is 0 Å². The fraction of sp³-hybridized carbons (Fsp3) is 0.333. The van der Waals surface area contributed by atoms with Gasteiger partial charge in [0.15, 0.2) is 0 Å². The van der Waals surface area contributed by atoms with E-state index in [2.05, 4.69) is 24.3 Å². The summed E-state index contributed by atoms with van der Waals surface area (Å²) in [4.78, 5) is 0. The summed E-state index contributed by atoms with van der Waals surface area (Å²) < 4.78 is 0. The molecular formula is C15H16ClN. The molecule has 0 radical (unpaired) electrons. The third-order valence-corrected chi connectivity index (χ3v) is 4.16. The predicted molar refractivity (Wildman–Crippen MR) is 73.5 cm³/mol. The van der Waals surface area contributed by atoms with Crippen molar-refractivity contribution >= 4 is 22.4 Å². The molecule has 88 valence electrons. The minimum absolute atomic E-state index is 0.632. The number of rotatable bonds is 1. The van der Waals surface area contributed by atoms with Gasteiger partial charge in [0.05, 0.1) is 0 Å². The van der Waals surface area contributed by atoms with Gasteiger partial charge in [0.2, 0.25) is 0 Å². The maximum Gasteiger partial charge on any atom is 0.0487 e. The van der Waals surface area contributed by atoms with Crippen LogP contribution in [-0.2, 0) is 12.8 Å². The van der Waals surface area contributed by atoms with Gasteiger partial charge in [0.25, 0.3) is 0 Å². The van der Waals surface area contributed by atoms with Crippen molar-refractivity contribution in [2.75, 3.05) is 6.54 Å². The van der Waals surface area contributed by atoms with Crippen LogP contribution >= 0.6 is 11.6 Å². The lowest BCUT2D eigenvalue weighted by Gasteiger charge is -2.25. The van der Waals surface area contributed by atoms with Crippen LogP contribution in [0.25, 0.3) is 10.8 Å². The first-order chi connectivity index (χ1) is 8.29. The van der Waals surface area contributed by atoms with Crippen LogP contribution in [0.5, 0.6) is 0 Å². The summed E-state index contributed by atoms with van der Waals surface area (Å²) in [5.41, 5.74) is 8.69. The van der Waals surface area contributed by atoms with Crippen molar-refractivity contribution in [3.8, 4) is 0 Å². The van der Waals surface area contributed by atoms with Gasteiger partial charge >= 0.3 is 0 Å². The van der Waals surface area contributed by atoms with Crippen LogP contribution in [0.1, 0.15) is 17.5 Å². The smallest absolute Gasteiger partial charge is 0.0487 e. The van der Waals surface area contributed by atoms with Gasteiger partial charge in [-0.1, -0.05) is 35.9 Å². The fourth-order valence-electron chi connectivity index (χ4n) is 2.86. The molecule has 0 amide bonds. The molecule has 1 atom stereocenters. The minimum Gasteiger partial charge on any atom is -0.330 e. The summed E-state index contributed by atoms with van der Waals surface area (Å²) >= 11 is 6.34. The Balaban J connectivity index is 2.23. The molecule has 0 saturated carbocycles. The van der Waals surface area contributed by atoms with E-state index in [0.717, 1.165) is 24.4 Å². The third-order valence-electron chi connectivity index (χ3n) is 3.85. The topological polar surface area (TPSA) is 26.0 Å². The largest absolute Gasteiger partial charge is 0.330 e. The Morgan fingerprint density at radius 1 is 1.24 bits per heavy atom.